The Morgan fingerprint density at radius 3 is 1.38 bits per heavy atom. The van der Waals surface area contributed by atoms with E-state index in [-0.39, 0.29) is 5.91 Å². The molecule has 0 spiro atoms. The van der Waals surface area contributed by atoms with Gasteiger partial charge in [-0.1, -0.05) is 186 Å². The van der Waals surface area contributed by atoms with Gasteiger partial charge in [-0.25, -0.2) is 0 Å². The lowest BCUT2D eigenvalue weighted by Crippen LogP contribution is -2.47. The fourth-order valence-electron chi connectivity index (χ4n) is 6.31. The fourth-order valence-corrected chi connectivity index (χ4v) is 7.07. The first-order valence-electron chi connectivity index (χ1n) is 20.5. The molecule has 0 rings (SSSR count). The van der Waals surface area contributed by atoms with Crippen molar-refractivity contribution < 1.29 is 22.9 Å². The summed E-state index contributed by atoms with van der Waals surface area (Å²) in [6, 6.07) is -0.976. The average Bonchev–Trinajstić information content (AvgIpc) is 3.05. The van der Waals surface area contributed by atoms with Crippen molar-refractivity contribution in [2.75, 3.05) is 5.75 Å². The third kappa shape index (κ3) is 36.1. The molecule has 0 aromatic heterocycles. The lowest BCUT2D eigenvalue weighted by molar-refractivity contribution is -0.122. The largest absolute Gasteiger partial charge is 0.391 e. The first-order valence-corrected chi connectivity index (χ1v) is 22.1. The molecular formula is C41H79NO5S. The zero-order valence-corrected chi connectivity index (χ0v) is 32.4. The molecule has 0 saturated heterocycles. The van der Waals surface area contributed by atoms with Crippen LogP contribution in [-0.4, -0.2) is 41.9 Å². The number of carbonyl (C=O) groups excluding carboxylic acids is 1. The fraction of sp³-hybridized carbons (Fsp3) is 0.878. The van der Waals surface area contributed by atoms with Gasteiger partial charge in [0.25, 0.3) is 10.1 Å². The summed E-state index contributed by atoms with van der Waals surface area (Å²) < 4.78 is 32.5. The van der Waals surface area contributed by atoms with Crippen molar-refractivity contribution in [3.63, 3.8) is 0 Å². The number of unbranched alkanes of at least 4 members (excludes halogenated alkanes) is 25. The summed E-state index contributed by atoms with van der Waals surface area (Å²) in [6.45, 7) is 4.51. The van der Waals surface area contributed by atoms with Crippen molar-refractivity contribution in [3.05, 3.63) is 24.3 Å². The van der Waals surface area contributed by atoms with E-state index in [1.807, 2.05) is 0 Å². The standard InChI is InChI=1S/C41H79NO5S/c1-3-5-7-9-11-13-15-17-19-21-22-24-26-28-30-32-34-36-40(43)39(38-48(45,46)47)42-41(44)37-35-33-31-29-27-25-23-20-18-16-14-12-10-8-6-4-2/h14,16,20,23,39-40,43H,3-13,15,17-19,21-22,24-38H2,1-2H3,(H,42,44)(H,45,46,47)/b16-14-,23-20-. The molecule has 2 unspecified atom stereocenters. The molecule has 0 aliphatic carbocycles. The maximum absolute atomic E-state index is 12.5. The van der Waals surface area contributed by atoms with Gasteiger partial charge in [-0.2, -0.15) is 8.42 Å². The number of hydrogen-bond donors (Lipinski definition) is 3. The quantitative estimate of drug-likeness (QED) is 0.0340. The number of nitrogens with one attached hydrogen (secondary N) is 1. The normalized spacial score (nSPS) is 13.5. The molecule has 48 heavy (non-hydrogen) atoms. The van der Waals surface area contributed by atoms with Crippen LogP contribution < -0.4 is 5.32 Å². The molecule has 0 fully saturated rings. The zero-order chi connectivity index (χ0) is 35.4. The molecule has 284 valence electrons. The van der Waals surface area contributed by atoms with Crippen LogP contribution >= 0.6 is 0 Å². The van der Waals surface area contributed by atoms with Crippen LogP contribution in [0.5, 0.6) is 0 Å². The van der Waals surface area contributed by atoms with Gasteiger partial charge in [-0.05, 0) is 44.9 Å². The minimum atomic E-state index is -4.31. The van der Waals surface area contributed by atoms with Crippen molar-refractivity contribution in [2.45, 2.75) is 225 Å². The summed E-state index contributed by atoms with van der Waals surface area (Å²) in [5.74, 6) is -0.910. The molecule has 0 heterocycles. The Labute approximate surface area is 298 Å². The van der Waals surface area contributed by atoms with E-state index in [2.05, 4.69) is 43.5 Å². The Balaban J connectivity index is 3.88. The monoisotopic (exact) mass is 698 g/mol. The molecule has 6 nitrogen and oxygen atoms in total. The highest BCUT2D eigenvalue weighted by Crippen LogP contribution is 2.16. The summed E-state index contributed by atoms with van der Waals surface area (Å²) in [7, 11) is -4.31. The summed E-state index contributed by atoms with van der Waals surface area (Å²) in [6.07, 6.45) is 44.1. The van der Waals surface area contributed by atoms with E-state index in [4.69, 9.17) is 0 Å². The Hall–Kier alpha value is -1.18. The van der Waals surface area contributed by atoms with Gasteiger partial charge < -0.3 is 10.4 Å². The number of aliphatic hydroxyl groups is 1. The van der Waals surface area contributed by atoms with Crippen molar-refractivity contribution >= 4 is 16.0 Å². The van der Waals surface area contributed by atoms with Gasteiger partial charge in [0.2, 0.25) is 5.91 Å². The van der Waals surface area contributed by atoms with E-state index >= 15 is 0 Å². The topological polar surface area (TPSA) is 104 Å². The van der Waals surface area contributed by atoms with Crippen LogP contribution in [0.4, 0.5) is 0 Å². The number of amides is 1. The van der Waals surface area contributed by atoms with E-state index in [1.54, 1.807) is 0 Å². The highest BCUT2D eigenvalue weighted by molar-refractivity contribution is 7.85. The smallest absolute Gasteiger partial charge is 0.266 e. The number of hydrogen-bond acceptors (Lipinski definition) is 4. The summed E-state index contributed by atoms with van der Waals surface area (Å²) in [5.41, 5.74) is 0. The number of allylic oxidation sites excluding steroid dienone is 4. The van der Waals surface area contributed by atoms with Gasteiger partial charge >= 0.3 is 0 Å². The van der Waals surface area contributed by atoms with Gasteiger partial charge in [0, 0.05) is 6.42 Å². The lowest BCUT2D eigenvalue weighted by atomic mass is 10.0. The predicted molar refractivity (Wildman–Crippen MR) is 207 cm³/mol. The Bertz CT molecular complexity index is 857. The first-order chi connectivity index (χ1) is 23.3. The van der Waals surface area contributed by atoms with Gasteiger partial charge in [-0.15, -0.1) is 0 Å². The summed E-state index contributed by atoms with van der Waals surface area (Å²) >= 11 is 0. The van der Waals surface area contributed by atoms with Crippen LogP contribution in [0.25, 0.3) is 0 Å². The van der Waals surface area contributed by atoms with Crippen molar-refractivity contribution in [3.8, 4) is 0 Å². The number of carbonyl (C=O) groups is 1. The summed E-state index contributed by atoms with van der Waals surface area (Å²) in [5, 5.41) is 13.3. The SMILES string of the molecule is CCCCCC/C=C\C/C=C\CCCCCCCC(=O)NC(CS(=O)(=O)O)C(O)CCCCCCCCCCCCCCCCCCC. The van der Waals surface area contributed by atoms with Crippen molar-refractivity contribution in [1.29, 1.82) is 0 Å². The maximum atomic E-state index is 12.5. The second-order valence-electron chi connectivity index (χ2n) is 14.3. The summed E-state index contributed by atoms with van der Waals surface area (Å²) in [4.78, 5) is 12.5. The molecular weight excluding hydrogens is 619 g/mol. The number of rotatable bonds is 37. The van der Waals surface area contributed by atoms with E-state index in [0.29, 0.717) is 12.8 Å². The van der Waals surface area contributed by atoms with Crippen molar-refractivity contribution in [1.82, 2.24) is 5.32 Å². The van der Waals surface area contributed by atoms with Crippen molar-refractivity contribution in [2.24, 2.45) is 0 Å². The molecule has 0 aromatic carbocycles. The molecule has 0 aliphatic heterocycles. The molecule has 0 radical (unpaired) electrons. The van der Waals surface area contributed by atoms with E-state index < -0.39 is 28.0 Å². The maximum Gasteiger partial charge on any atom is 0.266 e. The van der Waals surface area contributed by atoms with E-state index in [9.17, 15) is 22.9 Å². The second-order valence-corrected chi connectivity index (χ2v) is 15.8. The molecule has 2 atom stereocenters. The minimum Gasteiger partial charge on any atom is -0.391 e. The highest BCUT2D eigenvalue weighted by atomic mass is 32.2. The highest BCUT2D eigenvalue weighted by Gasteiger charge is 2.26. The molecule has 1 amide bonds. The van der Waals surface area contributed by atoms with Crippen LogP contribution in [0.15, 0.2) is 24.3 Å². The minimum absolute atomic E-state index is 0.258. The third-order valence-electron chi connectivity index (χ3n) is 9.41. The van der Waals surface area contributed by atoms with E-state index in [1.165, 1.54) is 122 Å². The molecule has 0 aromatic rings. The molecule has 7 heteroatoms. The Kier molecular flexibility index (Phi) is 34.8. The van der Waals surface area contributed by atoms with Gasteiger partial charge in [-0.3, -0.25) is 9.35 Å². The van der Waals surface area contributed by atoms with Crippen LogP contribution in [0.1, 0.15) is 213 Å². The van der Waals surface area contributed by atoms with Crippen LogP contribution in [0, 0.1) is 0 Å². The number of aliphatic hydroxyl groups excluding tert-OH is 1. The lowest BCUT2D eigenvalue weighted by Gasteiger charge is -2.23. The van der Waals surface area contributed by atoms with Crippen LogP contribution in [-0.2, 0) is 14.9 Å². The van der Waals surface area contributed by atoms with Crippen LogP contribution in [0.2, 0.25) is 0 Å². The predicted octanol–water partition coefficient (Wildman–Crippen LogP) is 12.0. The molecule has 0 bridgehead atoms. The van der Waals surface area contributed by atoms with Crippen LogP contribution in [0.3, 0.4) is 0 Å². The van der Waals surface area contributed by atoms with Gasteiger partial charge in [0.05, 0.1) is 17.9 Å². The average molecular weight is 698 g/mol. The molecule has 3 N–H and O–H groups in total. The Morgan fingerprint density at radius 2 is 0.938 bits per heavy atom. The Morgan fingerprint density at radius 1 is 0.562 bits per heavy atom. The first kappa shape index (κ1) is 46.8. The zero-order valence-electron chi connectivity index (χ0n) is 31.6. The second kappa shape index (κ2) is 35.6. The van der Waals surface area contributed by atoms with E-state index in [0.717, 1.165) is 64.2 Å². The van der Waals surface area contributed by atoms with Gasteiger partial charge in [0.1, 0.15) is 0 Å². The third-order valence-corrected chi connectivity index (χ3v) is 10.2. The molecule has 0 aliphatic rings. The molecule has 0 saturated carbocycles. The van der Waals surface area contributed by atoms with Gasteiger partial charge in [0.15, 0.2) is 0 Å².